The Hall–Kier alpha value is -3.04. The van der Waals surface area contributed by atoms with Gasteiger partial charge in [-0.15, -0.1) is 0 Å². The molecule has 0 fully saturated rings. The fourth-order valence-corrected chi connectivity index (χ4v) is 5.61. The highest BCUT2D eigenvalue weighted by Gasteiger charge is 2.43. The SMILES string of the molecule is COc1ccc(NC[C@H](CCS(C)(=O)=O)NC(=O)[C@H](CC(C)C)N[C@@H](c2ccc(S(C)(=O)=O)cc2)C(F)(F)F)c(OC)c1. The molecule has 2 rings (SSSR count). The number of hydrogen-bond donors (Lipinski definition) is 3. The van der Waals surface area contributed by atoms with Crippen LogP contribution < -0.4 is 25.4 Å². The zero-order valence-electron chi connectivity index (χ0n) is 25.0. The lowest BCUT2D eigenvalue weighted by molar-refractivity contribution is -0.161. The van der Waals surface area contributed by atoms with E-state index >= 15 is 0 Å². The molecule has 1 amide bonds. The van der Waals surface area contributed by atoms with Crippen LogP contribution in [0.15, 0.2) is 47.4 Å². The molecule has 0 aromatic heterocycles. The van der Waals surface area contributed by atoms with Crippen molar-refractivity contribution in [3.8, 4) is 11.5 Å². The molecule has 0 heterocycles. The molecule has 0 unspecified atom stereocenters. The molecule has 0 saturated carbocycles. The molecule has 0 aliphatic heterocycles. The molecule has 2 aromatic carbocycles. The lowest BCUT2D eigenvalue weighted by atomic mass is 9.99. The molecular formula is C28H40F3N3O7S2. The molecule has 242 valence electrons. The van der Waals surface area contributed by atoms with Crippen LogP contribution in [0.3, 0.4) is 0 Å². The number of alkyl halides is 3. The highest BCUT2D eigenvalue weighted by atomic mass is 32.2. The Morgan fingerprint density at radius 3 is 2.07 bits per heavy atom. The second-order valence-corrected chi connectivity index (χ2v) is 15.0. The first-order valence-electron chi connectivity index (χ1n) is 13.4. The van der Waals surface area contributed by atoms with Gasteiger partial charge in [-0.3, -0.25) is 10.1 Å². The summed E-state index contributed by atoms with van der Waals surface area (Å²) in [7, 11) is -4.09. The third-order valence-electron chi connectivity index (χ3n) is 6.49. The first kappa shape index (κ1) is 36.2. The minimum absolute atomic E-state index is 0.0000945. The summed E-state index contributed by atoms with van der Waals surface area (Å²) >= 11 is 0. The monoisotopic (exact) mass is 651 g/mol. The van der Waals surface area contributed by atoms with Gasteiger partial charge < -0.3 is 20.1 Å². The van der Waals surface area contributed by atoms with Gasteiger partial charge in [-0.2, -0.15) is 13.2 Å². The Morgan fingerprint density at radius 2 is 1.58 bits per heavy atom. The van der Waals surface area contributed by atoms with Crippen LogP contribution in [0.2, 0.25) is 0 Å². The minimum Gasteiger partial charge on any atom is -0.497 e. The van der Waals surface area contributed by atoms with Crippen molar-refractivity contribution in [2.75, 3.05) is 44.3 Å². The van der Waals surface area contributed by atoms with Crippen LogP contribution in [0.1, 0.15) is 38.3 Å². The molecule has 2 aromatic rings. The van der Waals surface area contributed by atoms with Crippen LogP contribution in [-0.4, -0.2) is 80.0 Å². The van der Waals surface area contributed by atoms with Crippen molar-refractivity contribution < 1.29 is 44.3 Å². The van der Waals surface area contributed by atoms with Crippen molar-refractivity contribution in [2.24, 2.45) is 5.92 Å². The third kappa shape index (κ3) is 11.9. The summed E-state index contributed by atoms with van der Waals surface area (Å²) in [6.45, 7) is 3.56. The number of methoxy groups -OCH3 is 2. The number of carbonyl (C=O) groups excluding carboxylic acids is 1. The number of sulfone groups is 2. The first-order valence-corrected chi connectivity index (χ1v) is 17.4. The number of nitrogens with one attached hydrogen (secondary N) is 3. The van der Waals surface area contributed by atoms with E-state index in [4.69, 9.17) is 9.47 Å². The van der Waals surface area contributed by atoms with Crippen molar-refractivity contribution in [3.05, 3.63) is 48.0 Å². The number of amides is 1. The summed E-state index contributed by atoms with van der Waals surface area (Å²) in [4.78, 5) is 13.3. The zero-order valence-corrected chi connectivity index (χ0v) is 26.6. The van der Waals surface area contributed by atoms with E-state index in [9.17, 15) is 34.8 Å². The Morgan fingerprint density at radius 1 is 0.953 bits per heavy atom. The first-order chi connectivity index (χ1) is 19.8. The van der Waals surface area contributed by atoms with Crippen molar-refractivity contribution in [3.63, 3.8) is 0 Å². The predicted molar refractivity (Wildman–Crippen MR) is 159 cm³/mol. The van der Waals surface area contributed by atoms with E-state index in [0.717, 1.165) is 36.8 Å². The summed E-state index contributed by atoms with van der Waals surface area (Å²) in [6.07, 6.45) is -2.77. The van der Waals surface area contributed by atoms with Crippen LogP contribution >= 0.6 is 0 Å². The summed E-state index contributed by atoms with van der Waals surface area (Å²) in [5.41, 5.74) is 0.275. The largest absolute Gasteiger partial charge is 0.497 e. The van der Waals surface area contributed by atoms with Crippen molar-refractivity contribution in [1.29, 1.82) is 0 Å². The Labute approximate surface area is 251 Å². The van der Waals surface area contributed by atoms with Crippen LogP contribution in [0.5, 0.6) is 11.5 Å². The van der Waals surface area contributed by atoms with Crippen LogP contribution in [0.25, 0.3) is 0 Å². The number of halogens is 3. The van der Waals surface area contributed by atoms with Gasteiger partial charge in [0.25, 0.3) is 0 Å². The molecule has 0 bridgehead atoms. The van der Waals surface area contributed by atoms with Crippen LogP contribution in [-0.2, 0) is 24.5 Å². The minimum atomic E-state index is -4.82. The Kier molecular flexibility index (Phi) is 12.7. The van der Waals surface area contributed by atoms with Crippen LogP contribution in [0, 0.1) is 5.92 Å². The van der Waals surface area contributed by atoms with E-state index < -0.39 is 49.9 Å². The average molecular weight is 652 g/mol. The van der Waals surface area contributed by atoms with Crippen molar-refractivity contribution in [2.45, 2.75) is 55.9 Å². The number of hydrogen-bond acceptors (Lipinski definition) is 9. The van der Waals surface area contributed by atoms with Crippen LogP contribution in [0.4, 0.5) is 18.9 Å². The van der Waals surface area contributed by atoms with Gasteiger partial charge in [0.1, 0.15) is 27.4 Å². The molecule has 10 nitrogen and oxygen atoms in total. The summed E-state index contributed by atoms with van der Waals surface area (Å²) < 4.78 is 101. The fourth-order valence-electron chi connectivity index (χ4n) is 4.27. The van der Waals surface area contributed by atoms with Gasteiger partial charge in [0.15, 0.2) is 9.84 Å². The highest BCUT2D eigenvalue weighted by Crippen LogP contribution is 2.34. The summed E-state index contributed by atoms with van der Waals surface area (Å²) in [6, 6.07) is 4.94. The number of anilines is 1. The Balaban J connectivity index is 2.33. The topological polar surface area (TPSA) is 140 Å². The predicted octanol–water partition coefficient (Wildman–Crippen LogP) is 3.75. The van der Waals surface area contributed by atoms with Crippen molar-refractivity contribution in [1.82, 2.24) is 10.6 Å². The molecular weight excluding hydrogens is 611 g/mol. The zero-order chi connectivity index (χ0) is 32.6. The van der Waals surface area contributed by atoms with Gasteiger partial charge >= 0.3 is 6.18 Å². The maximum absolute atomic E-state index is 14.2. The molecule has 0 aliphatic carbocycles. The number of carbonyl (C=O) groups is 1. The van der Waals surface area contributed by atoms with Gasteiger partial charge in [0.2, 0.25) is 5.91 Å². The lowest BCUT2D eigenvalue weighted by Crippen LogP contribution is -2.53. The van der Waals surface area contributed by atoms with E-state index in [0.29, 0.717) is 17.2 Å². The normalized spacial score (nSPS) is 14.6. The Bertz CT molecular complexity index is 1430. The van der Waals surface area contributed by atoms with Gasteiger partial charge in [-0.05, 0) is 48.6 Å². The van der Waals surface area contributed by atoms with E-state index in [-0.39, 0.29) is 41.5 Å². The number of rotatable bonds is 16. The molecule has 43 heavy (non-hydrogen) atoms. The molecule has 0 aliphatic rings. The summed E-state index contributed by atoms with van der Waals surface area (Å²) in [5.74, 6) is -0.211. The molecule has 3 N–H and O–H groups in total. The maximum atomic E-state index is 14.2. The fraction of sp³-hybridized carbons (Fsp3) is 0.536. The van der Waals surface area contributed by atoms with E-state index in [2.05, 4.69) is 16.0 Å². The van der Waals surface area contributed by atoms with E-state index in [1.807, 2.05) is 0 Å². The second-order valence-electron chi connectivity index (χ2n) is 10.7. The standard InChI is InChI=1S/C28H40F3N3O7S2/c1-18(2)15-24(34-26(28(29,30)31)19-7-10-22(11-8-19)43(6,38)39)27(35)33-20(13-14-42(5,36)37)17-32-23-12-9-21(40-3)16-25(23)41-4/h7-12,16,18,20,24,26,32,34H,13-15,17H2,1-6H3,(H,33,35)/t20-,24-,26-/m0/s1. The molecule has 15 heteroatoms. The van der Waals surface area contributed by atoms with Crippen molar-refractivity contribution >= 4 is 31.3 Å². The smallest absolute Gasteiger partial charge is 0.407 e. The van der Waals surface area contributed by atoms with Gasteiger partial charge in [0.05, 0.1) is 36.6 Å². The molecule has 3 atom stereocenters. The molecule has 0 saturated heterocycles. The van der Waals surface area contributed by atoms with Gasteiger partial charge in [0, 0.05) is 31.2 Å². The summed E-state index contributed by atoms with van der Waals surface area (Å²) in [5, 5.41) is 8.25. The number of ether oxygens (including phenoxy) is 2. The second kappa shape index (κ2) is 15.1. The molecule has 0 spiro atoms. The lowest BCUT2D eigenvalue weighted by Gasteiger charge is -2.30. The average Bonchev–Trinajstić information content (AvgIpc) is 2.90. The third-order valence-corrected chi connectivity index (χ3v) is 8.60. The highest BCUT2D eigenvalue weighted by molar-refractivity contribution is 7.91. The van der Waals surface area contributed by atoms with E-state index in [1.165, 1.54) is 14.2 Å². The number of benzene rings is 2. The maximum Gasteiger partial charge on any atom is 0.407 e. The molecule has 0 radical (unpaired) electrons. The van der Waals surface area contributed by atoms with Gasteiger partial charge in [-0.25, -0.2) is 16.8 Å². The quantitative estimate of drug-likeness (QED) is 0.248. The van der Waals surface area contributed by atoms with Gasteiger partial charge in [-0.1, -0.05) is 26.0 Å². The van der Waals surface area contributed by atoms with E-state index in [1.54, 1.807) is 32.0 Å².